The molecule has 1 aliphatic rings. The number of nitrogens with one attached hydrogen (secondary N) is 2. The molecule has 194 valence electrons. The number of amides is 2. The van der Waals surface area contributed by atoms with Crippen LogP contribution in [0.3, 0.4) is 0 Å². The number of benzene rings is 3. The summed E-state index contributed by atoms with van der Waals surface area (Å²) < 4.78 is 1.80. The number of nitrogens with zero attached hydrogens (tertiary/aromatic N) is 2. The zero-order valence-corrected chi connectivity index (χ0v) is 22.1. The van der Waals surface area contributed by atoms with E-state index in [2.05, 4.69) is 15.6 Å². The average molecular weight is 547 g/mol. The van der Waals surface area contributed by atoms with Crippen LogP contribution >= 0.6 is 23.1 Å². The first kappa shape index (κ1) is 25.9. The molecule has 38 heavy (non-hydrogen) atoms. The summed E-state index contributed by atoms with van der Waals surface area (Å²) in [6.07, 6.45) is 5.39. The van der Waals surface area contributed by atoms with Crippen LogP contribution < -0.4 is 10.6 Å². The van der Waals surface area contributed by atoms with Gasteiger partial charge in [0.25, 0.3) is 17.5 Å². The Bertz CT molecular complexity index is 1480. The maximum Gasteiger partial charge on any atom is 0.269 e. The van der Waals surface area contributed by atoms with Crippen LogP contribution in [-0.2, 0) is 5.75 Å². The molecule has 8 nitrogen and oxygen atoms in total. The molecular weight excluding hydrogens is 520 g/mol. The number of hydrogen-bond donors (Lipinski definition) is 2. The van der Waals surface area contributed by atoms with Gasteiger partial charge in [0.2, 0.25) is 0 Å². The highest BCUT2D eigenvalue weighted by Crippen LogP contribution is 2.33. The first-order valence-electron chi connectivity index (χ1n) is 12.4. The van der Waals surface area contributed by atoms with Gasteiger partial charge in [-0.3, -0.25) is 19.7 Å². The van der Waals surface area contributed by atoms with Crippen molar-refractivity contribution in [2.45, 2.75) is 48.2 Å². The summed E-state index contributed by atoms with van der Waals surface area (Å²) in [6.45, 7) is 0. The Balaban J connectivity index is 1.25. The lowest BCUT2D eigenvalue weighted by Gasteiger charge is -2.23. The largest absolute Gasteiger partial charge is 0.349 e. The van der Waals surface area contributed by atoms with E-state index in [1.165, 1.54) is 29.9 Å². The van der Waals surface area contributed by atoms with E-state index in [0.29, 0.717) is 22.6 Å². The fraction of sp³-hybridized carbons (Fsp3) is 0.250. The molecule has 0 radical (unpaired) electrons. The Kier molecular flexibility index (Phi) is 8.00. The number of carbonyl (C=O) groups is 2. The zero-order chi connectivity index (χ0) is 26.5. The monoisotopic (exact) mass is 546 g/mol. The number of non-ortho nitro benzene ring substituents is 1. The second-order valence-corrected chi connectivity index (χ2v) is 11.4. The zero-order valence-electron chi connectivity index (χ0n) is 20.5. The van der Waals surface area contributed by atoms with E-state index in [9.17, 15) is 19.7 Å². The standard InChI is InChI=1S/C28H26N4O4S2/c33-26(29-19-6-2-1-3-7-19)22-8-4-5-9-23(22)27(34)30-20-12-15-24-25(16-20)38-28(31-24)37-17-18-10-13-21(14-11-18)32(35)36/h4-5,8-16,19H,1-3,6-7,17H2,(H,29,33)(H,30,34). The molecule has 2 N–H and O–H groups in total. The highest BCUT2D eigenvalue weighted by molar-refractivity contribution is 8.00. The molecule has 1 aromatic heterocycles. The van der Waals surface area contributed by atoms with E-state index in [1.54, 1.807) is 54.2 Å². The van der Waals surface area contributed by atoms with Crippen molar-refractivity contribution in [2.24, 2.45) is 0 Å². The summed E-state index contributed by atoms with van der Waals surface area (Å²) in [7, 11) is 0. The van der Waals surface area contributed by atoms with Gasteiger partial charge in [-0.1, -0.05) is 55.3 Å². The Morgan fingerprint density at radius 1 is 0.974 bits per heavy atom. The molecular formula is C28H26N4O4S2. The molecule has 0 saturated heterocycles. The van der Waals surface area contributed by atoms with Crippen LogP contribution in [0.1, 0.15) is 58.4 Å². The summed E-state index contributed by atoms with van der Waals surface area (Å²) in [5.74, 6) is 0.0902. The summed E-state index contributed by atoms with van der Waals surface area (Å²) in [6, 6.07) is 19.1. The maximum absolute atomic E-state index is 13.1. The number of carbonyl (C=O) groups excluding carboxylic acids is 2. The van der Waals surface area contributed by atoms with E-state index < -0.39 is 4.92 Å². The first-order chi connectivity index (χ1) is 18.5. The minimum absolute atomic E-state index is 0.0702. The normalized spacial score (nSPS) is 13.8. The van der Waals surface area contributed by atoms with Crippen LogP contribution in [0.15, 0.2) is 71.1 Å². The minimum atomic E-state index is -0.411. The van der Waals surface area contributed by atoms with Gasteiger partial charge in [-0.15, -0.1) is 11.3 Å². The Morgan fingerprint density at radius 2 is 1.68 bits per heavy atom. The summed E-state index contributed by atoms with van der Waals surface area (Å²) in [5.41, 5.74) is 3.20. The van der Waals surface area contributed by atoms with Gasteiger partial charge >= 0.3 is 0 Å². The second kappa shape index (κ2) is 11.7. The minimum Gasteiger partial charge on any atom is -0.349 e. The smallest absolute Gasteiger partial charge is 0.269 e. The fourth-order valence-corrected chi connectivity index (χ4v) is 6.55. The second-order valence-electron chi connectivity index (χ2n) is 9.18. The number of fused-ring (bicyclic) bond motifs is 1. The number of thioether (sulfide) groups is 1. The molecule has 0 atom stereocenters. The van der Waals surface area contributed by atoms with Crippen LogP contribution in [0.5, 0.6) is 0 Å². The summed E-state index contributed by atoms with van der Waals surface area (Å²) >= 11 is 3.07. The van der Waals surface area contributed by atoms with E-state index in [1.807, 2.05) is 12.1 Å². The third kappa shape index (κ3) is 6.20. The predicted molar refractivity (Wildman–Crippen MR) is 151 cm³/mol. The predicted octanol–water partition coefficient (Wildman–Crippen LogP) is 6.81. The van der Waals surface area contributed by atoms with Crippen molar-refractivity contribution in [3.63, 3.8) is 0 Å². The number of anilines is 1. The molecule has 4 aromatic rings. The molecule has 1 fully saturated rings. The fourth-order valence-electron chi connectivity index (χ4n) is 4.49. The van der Waals surface area contributed by atoms with Crippen LogP contribution in [0.25, 0.3) is 10.2 Å². The van der Waals surface area contributed by atoms with Gasteiger partial charge in [-0.2, -0.15) is 0 Å². The number of nitro benzene ring substituents is 1. The third-order valence-corrected chi connectivity index (χ3v) is 8.73. The lowest BCUT2D eigenvalue weighted by Crippen LogP contribution is -2.37. The van der Waals surface area contributed by atoms with Crippen molar-refractivity contribution in [3.05, 3.63) is 93.5 Å². The van der Waals surface area contributed by atoms with Crippen molar-refractivity contribution in [2.75, 3.05) is 5.32 Å². The van der Waals surface area contributed by atoms with Crippen LogP contribution in [0, 0.1) is 10.1 Å². The molecule has 1 saturated carbocycles. The van der Waals surface area contributed by atoms with Gasteiger partial charge in [-0.05, 0) is 48.7 Å². The lowest BCUT2D eigenvalue weighted by atomic mass is 9.95. The van der Waals surface area contributed by atoms with Crippen LogP contribution in [-0.4, -0.2) is 27.8 Å². The molecule has 1 heterocycles. The maximum atomic E-state index is 13.1. The highest BCUT2D eigenvalue weighted by atomic mass is 32.2. The third-order valence-electron chi connectivity index (χ3n) is 6.49. The van der Waals surface area contributed by atoms with Gasteiger partial charge in [0.1, 0.15) is 0 Å². The van der Waals surface area contributed by atoms with E-state index in [-0.39, 0.29) is 23.5 Å². The number of rotatable bonds is 8. The van der Waals surface area contributed by atoms with Crippen LogP contribution in [0.2, 0.25) is 0 Å². The molecule has 5 rings (SSSR count). The lowest BCUT2D eigenvalue weighted by molar-refractivity contribution is -0.384. The van der Waals surface area contributed by atoms with Gasteiger partial charge in [0.15, 0.2) is 4.34 Å². The van der Waals surface area contributed by atoms with Gasteiger partial charge in [0.05, 0.1) is 26.3 Å². The van der Waals surface area contributed by atoms with Gasteiger partial charge in [0, 0.05) is 29.6 Å². The van der Waals surface area contributed by atoms with E-state index >= 15 is 0 Å². The number of hydrogen-bond acceptors (Lipinski definition) is 7. The molecule has 1 aliphatic carbocycles. The topological polar surface area (TPSA) is 114 Å². The molecule has 0 bridgehead atoms. The Morgan fingerprint density at radius 3 is 2.39 bits per heavy atom. The summed E-state index contributed by atoms with van der Waals surface area (Å²) in [4.78, 5) is 41.2. The quantitative estimate of drug-likeness (QED) is 0.143. The van der Waals surface area contributed by atoms with Gasteiger partial charge in [-0.25, -0.2) is 4.98 Å². The molecule has 0 unspecified atom stereocenters. The first-order valence-corrected chi connectivity index (χ1v) is 14.2. The van der Waals surface area contributed by atoms with Crippen molar-refractivity contribution in [3.8, 4) is 0 Å². The molecule has 3 aromatic carbocycles. The van der Waals surface area contributed by atoms with Crippen LogP contribution in [0.4, 0.5) is 11.4 Å². The van der Waals surface area contributed by atoms with E-state index in [4.69, 9.17) is 0 Å². The van der Waals surface area contributed by atoms with Crippen molar-refractivity contribution in [1.82, 2.24) is 10.3 Å². The average Bonchev–Trinajstić information content (AvgIpc) is 3.35. The van der Waals surface area contributed by atoms with Crippen molar-refractivity contribution < 1.29 is 14.5 Å². The number of nitro groups is 1. The summed E-state index contributed by atoms with van der Waals surface area (Å²) in [5, 5.41) is 16.9. The molecule has 0 spiro atoms. The SMILES string of the molecule is O=C(Nc1ccc2nc(SCc3ccc([N+](=O)[O-])cc3)sc2c1)c1ccccc1C(=O)NC1CCCCC1. The number of thiazole rings is 1. The highest BCUT2D eigenvalue weighted by Gasteiger charge is 2.21. The molecule has 10 heteroatoms. The number of aromatic nitrogens is 1. The Hall–Kier alpha value is -3.76. The van der Waals surface area contributed by atoms with Crippen molar-refractivity contribution >= 4 is 56.5 Å². The van der Waals surface area contributed by atoms with Gasteiger partial charge < -0.3 is 10.6 Å². The van der Waals surface area contributed by atoms with Crippen molar-refractivity contribution in [1.29, 1.82) is 0 Å². The Labute approximate surface area is 228 Å². The molecule has 0 aliphatic heterocycles. The molecule has 2 amide bonds. The van der Waals surface area contributed by atoms with E-state index in [0.717, 1.165) is 45.8 Å².